The molecule has 1 fully saturated rings. The average molecular weight is 337 g/mol. The molecule has 1 heterocycles. The maximum absolute atomic E-state index is 10.4. The van der Waals surface area contributed by atoms with Crippen molar-refractivity contribution in [1.82, 2.24) is 5.06 Å². The van der Waals surface area contributed by atoms with E-state index in [-0.39, 0.29) is 19.1 Å². The molecule has 0 bridgehead atoms. The largest absolute Gasteiger partial charge is 0.314 e. The zero-order chi connectivity index (χ0) is 18.4. The van der Waals surface area contributed by atoms with Gasteiger partial charge < -0.3 is 14.9 Å². The molecule has 0 aliphatic carbocycles. The summed E-state index contributed by atoms with van der Waals surface area (Å²) in [4.78, 5) is 29.7. The summed E-state index contributed by atoms with van der Waals surface area (Å²) in [5, 5.41) is 30.4. The third-order valence-electron chi connectivity index (χ3n) is 4.11. The molecule has 0 amide bonds. The number of rotatable bonds is 6. The van der Waals surface area contributed by atoms with E-state index in [4.69, 9.17) is 0 Å². The van der Waals surface area contributed by atoms with Crippen LogP contribution in [0.15, 0.2) is 0 Å². The van der Waals surface area contributed by atoms with Crippen molar-refractivity contribution in [3.05, 3.63) is 20.2 Å². The van der Waals surface area contributed by atoms with Crippen LogP contribution >= 0.6 is 0 Å². The van der Waals surface area contributed by atoms with Crippen molar-refractivity contribution < 1.29 is 25.1 Å². The van der Waals surface area contributed by atoms with E-state index in [9.17, 15) is 25.4 Å². The van der Waals surface area contributed by atoms with Crippen molar-refractivity contribution in [2.24, 2.45) is 11.8 Å². The van der Waals surface area contributed by atoms with Gasteiger partial charge in [0.05, 0.1) is 6.61 Å². The predicted molar refractivity (Wildman–Crippen MR) is 80.6 cm³/mol. The molecule has 23 heavy (non-hydrogen) atoms. The van der Waals surface area contributed by atoms with Crippen LogP contribution in [0.25, 0.3) is 0 Å². The van der Waals surface area contributed by atoms with Gasteiger partial charge in [0, 0.05) is 17.0 Å². The summed E-state index contributed by atoms with van der Waals surface area (Å²) in [6.45, 7) is 10.5. The molecule has 10 heteroatoms. The molecule has 1 saturated heterocycles. The van der Waals surface area contributed by atoms with Gasteiger partial charge in [-0.25, -0.2) is 0 Å². The van der Waals surface area contributed by atoms with Gasteiger partial charge in [0.25, 0.3) is 10.2 Å². The van der Waals surface area contributed by atoms with Crippen LogP contribution in [0.1, 0.15) is 48.0 Å². The summed E-state index contributed by atoms with van der Waals surface area (Å²) in [5.41, 5.74) is -1.50. The first-order chi connectivity index (χ1) is 10.5. The summed E-state index contributed by atoms with van der Waals surface area (Å²) < 4.78 is 0. The van der Waals surface area contributed by atoms with E-state index < -0.39 is 27.2 Å². The zero-order valence-electron chi connectivity index (χ0n) is 14.5. The second-order valence-electron chi connectivity index (χ2n) is 6.39. The first kappa shape index (κ1) is 21.3. The Bertz CT molecular complexity index is 414. The number of piperidine rings is 1. The van der Waals surface area contributed by atoms with Crippen LogP contribution in [0.2, 0.25) is 0 Å². The highest BCUT2D eigenvalue weighted by Gasteiger charge is 2.52. The third kappa shape index (κ3) is 5.47. The lowest BCUT2D eigenvalue weighted by Crippen LogP contribution is -2.65. The molecule has 1 N–H and O–H groups in total. The van der Waals surface area contributed by atoms with Crippen molar-refractivity contribution in [1.29, 1.82) is 0 Å². The Morgan fingerprint density at radius 2 is 1.52 bits per heavy atom. The normalized spacial score (nSPS) is 25.7. The minimum absolute atomic E-state index is 0.195. The van der Waals surface area contributed by atoms with E-state index in [2.05, 4.69) is 9.68 Å². The maximum atomic E-state index is 10.4. The summed E-state index contributed by atoms with van der Waals surface area (Å²) in [7, 11) is 0. The fourth-order valence-corrected chi connectivity index (χ4v) is 3.20. The summed E-state index contributed by atoms with van der Waals surface area (Å²) in [6.07, 6.45) is 0.381. The lowest BCUT2D eigenvalue weighted by molar-refractivity contribution is -0.764. The van der Waals surface area contributed by atoms with Crippen LogP contribution < -0.4 is 0 Å². The Labute approximate surface area is 135 Å². The monoisotopic (exact) mass is 337 g/mol. The van der Waals surface area contributed by atoms with Gasteiger partial charge in [-0.1, -0.05) is 13.8 Å². The smallest absolute Gasteiger partial charge is 0.294 e. The molecule has 0 aromatic rings. The topological polar surface area (TPSA) is 128 Å². The summed E-state index contributed by atoms with van der Waals surface area (Å²) in [5.74, 6) is -0.857. The van der Waals surface area contributed by atoms with E-state index in [1.165, 1.54) is 0 Å². The van der Waals surface area contributed by atoms with Crippen LogP contribution in [0.3, 0.4) is 0 Å². The molecule has 2 atom stereocenters. The standard InChI is InChI=1S/C11H21N3O7.C2H6/c1-10(2)5-8(6-20-13(16)17)9(7-21-14(18)19)11(3,4)12(10)15;1-2/h8-9,15H,5-7H2,1-4H3;1-2H3. The minimum Gasteiger partial charge on any atom is -0.314 e. The molecule has 2 unspecified atom stereocenters. The van der Waals surface area contributed by atoms with E-state index in [1.54, 1.807) is 27.7 Å². The predicted octanol–water partition coefficient (Wildman–Crippen LogP) is 2.31. The molecule has 1 aliphatic heterocycles. The van der Waals surface area contributed by atoms with Crippen LogP contribution in [0, 0.1) is 32.1 Å². The maximum Gasteiger partial charge on any atom is 0.294 e. The van der Waals surface area contributed by atoms with Crippen LogP contribution in [-0.2, 0) is 9.68 Å². The molecule has 136 valence electrons. The second kappa shape index (κ2) is 8.25. The lowest BCUT2D eigenvalue weighted by Gasteiger charge is -2.55. The van der Waals surface area contributed by atoms with Gasteiger partial charge in [-0.15, -0.1) is 20.2 Å². The van der Waals surface area contributed by atoms with Gasteiger partial charge in [0.15, 0.2) is 0 Å². The Morgan fingerprint density at radius 1 is 1.09 bits per heavy atom. The van der Waals surface area contributed by atoms with Crippen molar-refractivity contribution in [3.8, 4) is 0 Å². The Kier molecular flexibility index (Phi) is 7.65. The minimum atomic E-state index is -0.914. The summed E-state index contributed by atoms with van der Waals surface area (Å²) >= 11 is 0. The van der Waals surface area contributed by atoms with Gasteiger partial charge in [0.1, 0.15) is 6.61 Å². The fraction of sp³-hybridized carbons (Fsp3) is 1.00. The van der Waals surface area contributed by atoms with Gasteiger partial charge in [-0.3, -0.25) is 0 Å². The van der Waals surface area contributed by atoms with Crippen LogP contribution in [0.5, 0.6) is 0 Å². The number of nitrogens with zero attached hydrogens (tertiary/aromatic N) is 3. The molecule has 0 spiro atoms. The van der Waals surface area contributed by atoms with E-state index in [1.807, 2.05) is 13.8 Å². The van der Waals surface area contributed by atoms with Crippen molar-refractivity contribution in [2.75, 3.05) is 13.2 Å². The van der Waals surface area contributed by atoms with Gasteiger partial charge >= 0.3 is 0 Å². The van der Waals surface area contributed by atoms with Crippen molar-refractivity contribution >= 4 is 0 Å². The first-order valence-electron chi connectivity index (χ1n) is 7.52. The highest BCUT2D eigenvalue weighted by atomic mass is 17.0. The van der Waals surface area contributed by atoms with E-state index in [0.29, 0.717) is 6.42 Å². The lowest BCUT2D eigenvalue weighted by atomic mass is 9.68. The Balaban J connectivity index is 0.00000232. The molecule has 1 rings (SSSR count). The van der Waals surface area contributed by atoms with Crippen LogP contribution in [0.4, 0.5) is 0 Å². The molecule has 0 aromatic heterocycles. The molecule has 1 aliphatic rings. The molecule has 0 saturated carbocycles. The Hall–Kier alpha value is -1.68. The van der Waals surface area contributed by atoms with Gasteiger partial charge in [0.2, 0.25) is 0 Å². The third-order valence-corrected chi connectivity index (χ3v) is 4.11. The molecule has 10 nitrogen and oxygen atoms in total. The number of hydrogen-bond donors (Lipinski definition) is 1. The van der Waals surface area contributed by atoms with Crippen LogP contribution in [-0.4, -0.2) is 44.7 Å². The van der Waals surface area contributed by atoms with Crippen molar-refractivity contribution in [3.63, 3.8) is 0 Å². The van der Waals surface area contributed by atoms with E-state index in [0.717, 1.165) is 5.06 Å². The number of hydrogen-bond acceptors (Lipinski definition) is 8. The van der Waals surface area contributed by atoms with Gasteiger partial charge in [-0.2, -0.15) is 5.06 Å². The molecule has 0 aromatic carbocycles. The molecular formula is C13H27N3O7. The second-order valence-corrected chi connectivity index (χ2v) is 6.39. The van der Waals surface area contributed by atoms with Crippen molar-refractivity contribution in [2.45, 2.75) is 59.0 Å². The highest BCUT2D eigenvalue weighted by Crippen LogP contribution is 2.44. The number of hydroxylamine groups is 2. The van der Waals surface area contributed by atoms with Gasteiger partial charge in [-0.05, 0) is 40.0 Å². The summed E-state index contributed by atoms with van der Waals surface area (Å²) in [6, 6.07) is 0. The zero-order valence-corrected chi connectivity index (χ0v) is 14.5. The molecule has 0 radical (unpaired) electrons. The molecular weight excluding hydrogens is 310 g/mol. The van der Waals surface area contributed by atoms with E-state index >= 15 is 0 Å². The quantitative estimate of drug-likeness (QED) is 0.577. The average Bonchev–Trinajstić information content (AvgIpc) is 2.43. The Morgan fingerprint density at radius 3 is 1.96 bits per heavy atom. The highest BCUT2D eigenvalue weighted by molar-refractivity contribution is 5.01. The first-order valence-corrected chi connectivity index (χ1v) is 7.52. The fourth-order valence-electron chi connectivity index (χ4n) is 3.20. The SMILES string of the molecule is CC.CC1(C)CC(CO[N+](=O)[O-])C(CO[N+](=O)[O-])C(C)(C)N1O.